The molecule has 1 aliphatic heterocycles. The van der Waals surface area contributed by atoms with Crippen molar-refractivity contribution in [3.63, 3.8) is 0 Å². The Morgan fingerprint density at radius 2 is 2.09 bits per heavy atom. The first-order valence-electron chi connectivity index (χ1n) is 8.75. The Bertz CT molecular complexity index is 637. The summed E-state index contributed by atoms with van der Waals surface area (Å²) in [5, 5.41) is 4.66. The van der Waals surface area contributed by atoms with Crippen molar-refractivity contribution in [2.45, 2.75) is 31.7 Å². The highest BCUT2D eigenvalue weighted by Gasteiger charge is 2.30. The van der Waals surface area contributed by atoms with Gasteiger partial charge in [0.25, 0.3) is 0 Å². The number of hydrogen-bond acceptors (Lipinski definition) is 5. The minimum absolute atomic E-state index is 0.684. The molecule has 23 heavy (non-hydrogen) atoms. The summed E-state index contributed by atoms with van der Waals surface area (Å²) < 4.78 is 5.52. The standard InChI is InChI=1S/C17H25N5O/c1-2-4-15(22-7-9-23-10-8-22)13(3-1)11-19-17-14-5-6-18-16(14)20-12-21-17/h5-6,12-13,15H,1-4,7-11H2,(H2,18,19,20,21)/t13-,15-/m0/s1. The maximum Gasteiger partial charge on any atom is 0.142 e. The molecule has 1 saturated carbocycles. The zero-order chi connectivity index (χ0) is 15.5. The van der Waals surface area contributed by atoms with Gasteiger partial charge in [-0.2, -0.15) is 0 Å². The van der Waals surface area contributed by atoms with Gasteiger partial charge < -0.3 is 15.0 Å². The Hall–Kier alpha value is -1.66. The van der Waals surface area contributed by atoms with Gasteiger partial charge in [0.05, 0.1) is 18.6 Å². The van der Waals surface area contributed by atoms with Crippen LogP contribution < -0.4 is 5.32 Å². The summed E-state index contributed by atoms with van der Waals surface area (Å²) in [6.07, 6.45) is 8.86. The van der Waals surface area contributed by atoms with Crippen LogP contribution in [0.15, 0.2) is 18.6 Å². The summed E-state index contributed by atoms with van der Waals surface area (Å²) in [7, 11) is 0. The number of aromatic nitrogens is 3. The highest BCUT2D eigenvalue weighted by atomic mass is 16.5. The van der Waals surface area contributed by atoms with E-state index in [1.807, 2.05) is 12.3 Å². The molecule has 2 aliphatic rings. The second-order valence-corrected chi connectivity index (χ2v) is 6.60. The SMILES string of the molecule is c1nc(NC[C@@H]2CCCC[C@@H]2N2CCOCC2)c2cc[nH]c2n1. The molecule has 124 valence electrons. The number of anilines is 1. The number of fused-ring (bicyclic) bond motifs is 1. The molecule has 6 nitrogen and oxygen atoms in total. The molecule has 0 radical (unpaired) electrons. The summed E-state index contributed by atoms with van der Waals surface area (Å²) in [5.41, 5.74) is 0.899. The lowest BCUT2D eigenvalue weighted by atomic mass is 9.83. The first-order valence-corrected chi connectivity index (χ1v) is 8.75. The van der Waals surface area contributed by atoms with E-state index in [1.54, 1.807) is 6.33 Å². The van der Waals surface area contributed by atoms with Crippen molar-refractivity contribution >= 4 is 16.9 Å². The second-order valence-electron chi connectivity index (χ2n) is 6.60. The monoisotopic (exact) mass is 315 g/mol. The van der Waals surface area contributed by atoms with Crippen molar-refractivity contribution in [1.82, 2.24) is 19.9 Å². The van der Waals surface area contributed by atoms with Crippen molar-refractivity contribution in [2.75, 3.05) is 38.2 Å². The molecule has 3 heterocycles. The molecule has 1 saturated heterocycles. The van der Waals surface area contributed by atoms with E-state index >= 15 is 0 Å². The number of aromatic amines is 1. The zero-order valence-electron chi connectivity index (χ0n) is 13.5. The fourth-order valence-electron chi connectivity index (χ4n) is 4.06. The Morgan fingerprint density at radius 1 is 1.22 bits per heavy atom. The van der Waals surface area contributed by atoms with E-state index in [0.717, 1.165) is 49.7 Å². The first kappa shape index (κ1) is 14.9. The molecule has 4 rings (SSSR count). The van der Waals surface area contributed by atoms with Crippen LogP contribution >= 0.6 is 0 Å². The fraction of sp³-hybridized carbons (Fsp3) is 0.647. The van der Waals surface area contributed by atoms with Gasteiger partial charge in [0, 0.05) is 31.9 Å². The van der Waals surface area contributed by atoms with Gasteiger partial charge in [-0.15, -0.1) is 0 Å². The van der Waals surface area contributed by atoms with Crippen LogP contribution in [0.5, 0.6) is 0 Å². The molecular weight excluding hydrogens is 290 g/mol. The van der Waals surface area contributed by atoms with Gasteiger partial charge in [-0.3, -0.25) is 4.90 Å². The van der Waals surface area contributed by atoms with Crippen molar-refractivity contribution in [3.8, 4) is 0 Å². The Kier molecular flexibility index (Phi) is 4.43. The maximum atomic E-state index is 5.52. The molecule has 2 aromatic rings. The average Bonchev–Trinajstić information content (AvgIpc) is 3.10. The summed E-state index contributed by atoms with van der Waals surface area (Å²) in [6.45, 7) is 4.91. The lowest BCUT2D eigenvalue weighted by Crippen LogP contribution is -2.49. The van der Waals surface area contributed by atoms with E-state index < -0.39 is 0 Å². The number of nitrogens with one attached hydrogen (secondary N) is 2. The third-order valence-corrected chi connectivity index (χ3v) is 5.27. The Balaban J connectivity index is 1.44. The lowest BCUT2D eigenvalue weighted by molar-refractivity contribution is -0.00540. The van der Waals surface area contributed by atoms with Crippen molar-refractivity contribution in [3.05, 3.63) is 18.6 Å². The molecule has 6 heteroatoms. The molecule has 0 aromatic carbocycles. The summed E-state index contributed by atoms with van der Waals surface area (Å²) in [4.78, 5) is 14.5. The summed E-state index contributed by atoms with van der Waals surface area (Å²) >= 11 is 0. The third-order valence-electron chi connectivity index (χ3n) is 5.27. The summed E-state index contributed by atoms with van der Waals surface area (Å²) in [5.74, 6) is 1.63. The average molecular weight is 315 g/mol. The number of ether oxygens (including phenoxy) is 1. The molecule has 0 unspecified atom stereocenters. The predicted octanol–water partition coefficient (Wildman–Crippen LogP) is 2.26. The van der Waals surface area contributed by atoms with E-state index in [2.05, 4.69) is 25.2 Å². The van der Waals surface area contributed by atoms with E-state index in [4.69, 9.17) is 4.74 Å². The van der Waals surface area contributed by atoms with Crippen molar-refractivity contribution in [1.29, 1.82) is 0 Å². The number of nitrogens with zero attached hydrogens (tertiary/aromatic N) is 3. The highest BCUT2D eigenvalue weighted by Crippen LogP contribution is 2.30. The number of rotatable bonds is 4. The molecule has 2 N–H and O–H groups in total. The van der Waals surface area contributed by atoms with E-state index in [1.165, 1.54) is 25.7 Å². The van der Waals surface area contributed by atoms with Crippen LogP contribution in [0.4, 0.5) is 5.82 Å². The number of morpholine rings is 1. The normalized spacial score (nSPS) is 26.4. The topological polar surface area (TPSA) is 66.1 Å². The van der Waals surface area contributed by atoms with Crippen LogP contribution in [-0.4, -0.2) is 58.7 Å². The van der Waals surface area contributed by atoms with Gasteiger partial charge in [-0.25, -0.2) is 9.97 Å². The molecule has 2 atom stereocenters. The third kappa shape index (κ3) is 3.19. The fourth-order valence-corrected chi connectivity index (χ4v) is 4.06. The molecule has 2 fully saturated rings. The van der Waals surface area contributed by atoms with Gasteiger partial charge in [0.15, 0.2) is 0 Å². The largest absolute Gasteiger partial charge is 0.379 e. The van der Waals surface area contributed by atoms with Crippen molar-refractivity contribution < 1.29 is 4.74 Å². The number of H-pyrrole nitrogens is 1. The molecule has 2 aromatic heterocycles. The quantitative estimate of drug-likeness (QED) is 0.906. The van der Waals surface area contributed by atoms with Crippen LogP contribution in [-0.2, 0) is 4.74 Å². The molecule has 1 aliphatic carbocycles. The highest BCUT2D eigenvalue weighted by molar-refractivity contribution is 5.86. The van der Waals surface area contributed by atoms with Crippen LogP contribution in [0, 0.1) is 5.92 Å². The lowest BCUT2D eigenvalue weighted by Gasteiger charge is -2.41. The minimum atomic E-state index is 0.684. The van der Waals surface area contributed by atoms with Gasteiger partial charge in [-0.05, 0) is 24.8 Å². The molecule has 0 amide bonds. The zero-order valence-corrected chi connectivity index (χ0v) is 13.5. The van der Waals surface area contributed by atoms with Gasteiger partial charge in [0.1, 0.15) is 17.8 Å². The molecular formula is C17H25N5O. The number of hydrogen-bond donors (Lipinski definition) is 2. The first-order chi connectivity index (χ1) is 11.4. The molecule has 0 spiro atoms. The van der Waals surface area contributed by atoms with Gasteiger partial charge >= 0.3 is 0 Å². The van der Waals surface area contributed by atoms with Crippen LogP contribution in [0.1, 0.15) is 25.7 Å². The smallest absolute Gasteiger partial charge is 0.142 e. The summed E-state index contributed by atoms with van der Waals surface area (Å²) in [6, 6.07) is 2.72. The maximum absolute atomic E-state index is 5.52. The van der Waals surface area contributed by atoms with Gasteiger partial charge in [-0.1, -0.05) is 12.8 Å². The van der Waals surface area contributed by atoms with E-state index in [-0.39, 0.29) is 0 Å². The van der Waals surface area contributed by atoms with Crippen LogP contribution in [0.25, 0.3) is 11.0 Å². The van der Waals surface area contributed by atoms with E-state index in [9.17, 15) is 0 Å². The second kappa shape index (κ2) is 6.84. The minimum Gasteiger partial charge on any atom is -0.379 e. The molecule has 0 bridgehead atoms. The van der Waals surface area contributed by atoms with Gasteiger partial charge in [0.2, 0.25) is 0 Å². The Labute approximate surface area is 136 Å². The van der Waals surface area contributed by atoms with Crippen LogP contribution in [0.2, 0.25) is 0 Å². The predicted molar refractivity (Wildman–Crippen MR) is 90.5 cm³/mol. The Morgan fingerprint density at radius 3 is 3.00 bits per heavy atom. The van der Waals surface area contributed by atoms with Crippen LogP contribution in [0.3, 0.4) is 0 Å². The van der Waals surface area contributed by atoms with Crippen molar-refractivity contribution in [2.24, 2.45) is 5.92 Å². The van der Waals surface area contributed by atoms with E-state index in [0.29, 0.717) is 12.0 Å².